The minimum absolute atomic E-state index is 0.173. The highest BCUT2D eigenvalue weighted by molar-refractivity contribution is 5.48. The van der Waals surface area contributed by atoms with Crippen LogP contribution < -0.4 is 4.74 Å². The van der Waals surface area contributed by atoms with E-state index >= 15 is 0 Å². The normalized spacial score (nSPS) is 11.4. The summed E-state index contributed by atoms with van der Waals surface area (Å²) < 4.78 is 6.01. The fourth-order valence-electron chi connectivity index (χ4n) is 2.87. The third-order valence-electron chi connectivity index (χ3n) is 4.39. The second-order valence-corrected chi connectivity index (χ2v) is 6.58. The second kappa shape index (κ2) is 8.05. The van der Waals surface area contributed by atoms with E-state index in [2.05, 4.69) is 45.0 Å². The Kier molecular flexibility index (Phi) is 6.09. The van der Waals surface area contributed by atoms with Crippen LogP contribution in [0.4, 0.5) is 0 Å². The Hall–Kier alpha value is -1.96. The van der Waals surface area contributed by atoms with E-state index in [1.165, 1.54) is 24.8 Å². The Morgan fingerprint density at radius 1 is 0.957 bits per heavy atom. The van der Waals surface area contributed by atoms with Crippen molar-refractivity contribution in [1.29, 1.82) is 0 Å². The maximum absolute atomic E-state index is 9.83. The highest BCUT2D eigenvalue weighted by atomic mass is 16.5. The molecule has 0 saturated heterocycles. The standard InChI is InChI=1S/C21H28O2/c1-4-5-6-10-15-23-20-16-18(22)13-14-19(20)21(2,3)17-11-8-7-9-12-17/h7-9,11-14,16,22H,4-6,10,15H2,1-3H3. The molecule has 2 heteroatoms. The predicted octanol–water partition coefficient (Wildman–Crippen LogP) is 5.68. The van der Waals surface area contributed by atoms with Crippen LogP contribution in [0.15, 0.2) is 48.5 Å². The molecule has 0 spiro atoms. The lowest BCUT2D eigenvalue weighted by atomic mass is 9.77. The van der Waals surface area contributed by atoms with Crippen molar-refractivity contribution in [2.24, 2.45) is 0 Å². The molecular weight excluding hydrogens is 284 g/mol. The van der Waals surface area contributed by atoms with Gasteiger partial charge in [0.1, 0.15) is 11.5 Å². The SMILES string of the molecule is CCCCCCOc1cc(O)ccc1C(C)(C)c1ccccc1. The average molecular weight is 312 g/mol. The summed E-state index contributed by atoms with van der Waals surface area (Å²) in [6.07, 6.45) is 4.70. The van der Waals surface area contributed by atoms with Crippen molar-refractivity contribution < 1.29 is 9.84 Å². The van der Waals surface area contributed by atoms with Crippen molar-refractivity contribution in [3.8, 4) is 11.5 Å². The molecule has 0 heterocycles. The summed E-state index contributed by atoms with van der Waals surface area (Å²) in [6.45, 7) is 7.29. The van der Waals surface area contributed by atoms with Crippen LogP contribution in [0, 0.1) is 0 Å². The Morgan fingerprint density at radius 2 is 1.70 bits per heavy atom. The van der Waals surface area contributed by atoms with Gasteiger partial charge in [0.05, 0.1) is 6.61 Å². The van der Waals surface area contributed by atoms with Gasteiger partial charge in [-0.3, -0.25) is 0 Å². The first-order valence-corrected chi connectivity index (χ1v) is 8.57. The lowest BCUT2D eigenvalue weighted by molar-refractivity contribution is 0.296. The van der Waals surface area contributed by atoms with Gasteiger partial charge in [0.15, 0.2) is 0 Å². The molecule has 0 aromatic heterocycles. The summed E-state index contributed by atoms with van der Waals surface area (Å²) in [4.78, 5) is 0. The second-order valence-electron chi connectivity index (χ2n) is 6.58. The zero-order valence-corrected chi connectivity index (χ0v) is 14.5. The third kappa shape index (κ3) is 4.51. The Balaban J connectivity index is 2.21. The molecule has 2 aromatic rings. The highest BCUT2D eigenvalue weighted by Gasteiger charge is 2.26. The first-order valence-electron chi connectivity index (χ1n) is 8.57. The van der Waals surface area contributed by atoms with Gasteiger partial charge in [-0.25, -0.2) is 0 Å². The van der Waals surface area contributed by atoms with E-state index in [9.17, 15) is 5.11 Å². The Bertz CT molecular complexity index is 602. The topological polar surface area (TPSA) is 29.5 Å². The molecule has 0 saturated carbocycles. The molecule has 2 nitrogen and oxygen atoms in total. The molecule has 0 amide bonds. The number of hydrogen-bond donors (Lipinski definition) is 1. The van der Waals surface area contributed by atoms with Crippen LogP contribution in [0.25, 0.3) is 0 Å². The lowest BCUT2D eigenvalue weighted by Crippen LogP contribution is -2.20. The van der Waals surface area contributed by atoms with Crippen molar-refractivity contribution in [3.05, 3.63) is 59.7 Å². The van der Waals surface area contributed by atoms with E-state index in [1.54, 1.807) is 12.1 Å². The van der Waals surface area contributed by atoms with Crippen molar-refractivity contribution in [2.45, 2.75) is 51.9 Å². The van der Waals surface area contributed by atoms with Gasteiger partial charge in [0, 0.05) is 17.0 Å². The minimum atomic E-state index is -0.173. The number of phenolic OH excluding ortho intramolecular Hbond substituents is 1. The predicted molar refractivity (Wildman–Crippen MR) is 96.3 cm³/mol. The van der Waals surface area contributed by atoms with Crippen molar-refractivity contribution in [3.63, 3.8) is 0 Å². The average Bonchev–Trinajstić information content (AvgIpc) is 2.55. The van der Waals surface area contributed by atoms with E-state index in [0.717, 1.165) is 17.7 Å². The molecule has 0 aliphatic rings. The highest BCUT2D eigenvalue weighted by Crippen LogP contribution is 2.38. The zero-order valence-electron chi connectivity index (χ0n) is 14.5. The number of hydrogen-bond acceptors (Lipinski definition) is 2. The molecule has 124 valence electrons. The third-order valence-corrected chi connectivity index (χ3v) is 4.39. The van der Waals surface area contributed by atoms with Gasteiger partial charge < -0.3 is 9.84 Å². The summed E-state index contributed by atoms with van der Waals surface area (Å²) in [7, 11) is 0. The fraction of sp³-hybridized carbons (Fsp3) is 0.429. The molecule has 23 heavy (non-hydrogen) atoms. The Labute approximate surface area is 140 Å². The van der Waals surface area contributed by atoms with Gasteiger partial charge in [0.2, 0.25) is 0 Å². The Morgan fingerprint density at radius 3 is 2.39 bits per heavy atom. The van der Waals surface area contributed by atoms with Gasteiger partial charge >= 0.3 is 0 Å². The summed E-state index contributed by atoms with van der Waals surface area (Å²) in [5.74, 6) is 1.04. The maximum Gasteiger partial charge on any atom is 0.127 e. The first kappa shape index (κ1) is 17.4. The van der Waals surface area contributed by atoms with Crippen LogP contribution in [0.3, 0.4) is 0 Å². The van der Waals surface area contributed by atoms with Crippen LogP contribution in [-0.2, 0) is 5.41 Å². The van der Waals surface area contributed by atoms with E-state index in [1.807, 2.05) is 12.1 Å². The minimum Gasteiger partial charge on any atom is -0.508 e. The van der Waals surface area contributed by atoms with Crippen LogP contribution in [-0.4, -0.2) is 11.7 Å². The van der Waals surface area contributed by atoms with Crippen LogP contribution in [0.5, 0.6) is 11.5 Å². The smallest absolute Gasteiger partial charge is 0.127 e. The van der Waals surface area contributed by atoms with Crippen molar-refractivity contribution in [1.82, 2.24) is 0 Å². The van der Waals surface area contributed by atoms with E-state index < -0.39 is 0 Å². The van der Waals surface area contributed by atoms with E-state index in [0.29, 0.717) is 6.61 Å². The molecule has 0 unspecified atom stereocenters. The number of phenols is 1. The van der Waals surface area contributed by atoms with E-state index in [4.69, 9.17) is 4.74 Å². The first-order chi connectivity index (χ1) is 11.1. The molecule has 0 aliphatic carbocycles. The fourth-order valence-corrected chi connectivity index (χ4v) is 2.87. The summed E-state index contributed by atoms with van der Waals surface area (Å²) in [5, 5.41) is 9.83. The number of benzene rings is 2. The van der Waals surface area contributed by atoms with Gasteiger partial charge in [0.25, 0.3) is 0 Å². The molecule has 0 atom stereocenters. The largest absolute Gasteiger partial charge is 0.508 e. The van der Waals surface area contributed by atoms with Crippen LogP contribution >= 0.6 is 0 Å². The van der Waals surface area contributed by atoms with Gasteiger partial charge in [-0.05, 0) is 18.1 Å². The maximum atomic E-state index is 9.83. The molecule has 0 bridgehead atoms. The molecule has 0 fully saturated rings. The van der Waals surface area contributed by atoms with Crippen molar-refractivity contribution in [2.75, 3.05) is 6.61 Å². The number of rotatable bonds is 8. The summed E-state index contributed by atoms with van der Waals surface area (Å²) in [6, 6.07) is 15.9. The summed E-state index contributed by atoms with van der Waals surface area (Å²) in [5.41, 5.74) is 2.17. The molecule has 0 radical (unpaired) electrons. The molecule has 1 N–H and O–H groups in total. The zero-order chi connectivity index (χ0) is 16.7. The van der Waals surface area contributed by atoms with Crippen molar-refractivity contribution >= 4 is 0 Å². The molecule has 2 aromatic carbocycles. The van der Waals surface area contributed by atoms with Crippen LogP contribution in [0.2, 0.25) is 0 Å². The number of ether oxygens (including phenoxy) is 1. The van der Waals surface area contributed by atoms with Gasteiger partial charge in [-0.15, -0.1) is 0 Å². The quantitative estimate of drug-likeness (QED) is 0.636. The summed E-state index contributed by atoms with van der Waals surface area (Å²) >= 11 is 0. The number of unbranched alkanes of at least 4 members (excludes halogenated alkanes) is 3. The molecule has 2 rings (SSSR count). The lowest BCUT2D eigenvalue weighted by Gasteiger charge is -2.28. The molecule has 0 aliphatic heterocycles. The van der Waals surface area contributed by atoms with E-state index in [-0.39, 0.29) is 11.2 Å². The molecular formula is C21H28O2. The monoisotopic (exact) mass is 312 g/mol. The number of aromatic hydroxyl groups is 1. The van der Waals surface area contributed by atoms with Gasteiger partial charge in [-0.1, -0.05) is 76.4 Å². The van der Waals surface area contributed by atoms with Crippen LogP contribution in [0.1, 0.15) is 57.6 Å². The van der Waals surface area contributed by atoms with Gasteiger partial charge in [-0.2, -0.15) is 0 Å².